The van der Waals surface area contributed by atoms with E-state index >= 15 is 0 Å². The molecule has 6 heteroatoms. The summed E-state index contributed by atoms with van der Waals surface area (Å²) in [7, 11) is 2.01. The molecule has 1 aliphatic rings. The SMILES string of the molecule is CNCCC1CCN(CC(=O)NC(c2ccccc2)c2nccs2)CC1. The van der Waals surface area contributed by atoms with Crippen LogP contribution >= 0.6 is 11.3 Å². The Morgan fingerprint density at radius 2 is 2.08 bits per heavy atom. The number of benzene rings is 1. The normalized spacial score (nSPS) is 17.1. The number of likely N-dealkylation sites (tertiary alicyclic amines) is 1. The molecule has 26 heavy (non-hydrogen) atoms. The Balaban J connectivity index is 1.54. The molecular weight excluding hydrogens is 344 g/mol. The van der Waals surface area contributed by atoms with Crippen molar-refractivity contribution in [2.45, 2.75) is 25.3 Å². The second-order valence-electron chi connectivity index (χ2n) is 6.89. The van der Waals surface area contributed by atoms with Gasteiger partial charge < -0.3 is 10.6 Å². The average molecular weight is 373 g/mol. The van der Waals surface area contributed by atoms with Crippen molar-refractivity contribution in [2.75, 3.05) is 33.2 Å². The zero-order chi connectivity index (χ0) is 18.2. The average Bonchev–Trinajstić information content (AvgIpc) is 3.21. The Hall–Kier alpha value is -1.76. The zero-order valence-electron chi connectivity index (χ0n) is 15.4. The number of amides is 1. The van der Waals surface area contributed by atoms with Crippen LogP contribution in [0.25, 0.3) is 0 Å². The van der Waals surface area contributed by atoms with Crippen molar-refractivity contribution in [3.05, 3.63) is 52.5 Å². The third-order valence-electron chi connectivity index (χ3n) is 5.01. The summed E-state index contributed by atoms with van der Waals surface area (Å²) in [6, 6.07) is 9.90. The highest BCUT2D eigenvalue weighted by Gasteiger charge is 2.23. The Labute approximate surface area is 159 Å². The largest absolute Gasteiger partial charge is 0.342 e. The van der Waals surface area contributed by atoms with Crippen molar-refractivity contribution >= 4 is 17.2 Å². The number of rotatable bonds is 8. The molecular formula is C20H28N4OS. The van der Waals surface area contributed by atoms with Crippen molar-refractivity contribution in [3.8, 4) is 0 Å². The monoisotopic (exact) mass is 372 g/mol. The van der Waals surface area contributed by atoms with Gasteiger partial charge in [0, 0.05) is 11.6 Å². The molecule has 140 valence electrons. The van der Waals surface area contributed by atoms with Gasteiger partial charge in [-0.05, 0) is 57.4 Å². The summed E-state index contributed by atoms with van der Waals surface area (Å²) >= 11 is 1.58. The second kappa shape index (κ2) is 9.80. The van der Waals surface area contributed by atoms with Crippen LogP contribution < -0.4 is 10.6 Å². The van der Waals surface area contributed by atoms with E-state index in [1.807, 2.05) is 42.8 Å². The van der Waals surface area contributed by atoms with Crippen LogP contribution in [0.3, 0.4) is 0 Å². The number of nitrogens with one attached hydrogen (secondary N) is 2. The number of carbonyl (C=O) groups excluding carboxylic acids is 1. The fraction of sp³-hybridized carbons (Fsp3) is 0.500. The second-order valence-corrected chi connectivity index (χ2v) is 7.82. The summed E-state index contributed by atoms with van der Waals surface area (Å²) in [5, 5.41) is 9.29. The zero-order valence-corrected chi connectivity index (χ0v) is 16.2. The number of piperidine rings is 1. The highest BCUT2D eigenvalue weighted by Crippen LogP contribution is 2.24. The van der Waals surface area contributed by atoms with Gasteiger partial charge in [-0.1, -0.05) is 30.3 Å². The van der Waals surface area contributed by atoms with Gasteiger partial charge in [-0.2, -0.15) is 0 Å². The van der Waals surface area contributed by atoms with E-state index in [4.69, 9.17) is 0 Å². The van der Waals surface area contributed by atoms with Crippen molar-refractivity contribution in [3.63, 3.8) is 0 Å². The van der Waals surface area contributed by atoms with Crippen LogP contribution in [-0.2, 0) is 4.79 Å². The third kappa shape index (κ3) is 5.37. The van der Waals surface area contributed by atoms with E-state index in [1.54, 1.807) is 17.5 Å². The summed E-state index contributed by atoms with van der Waals surface area (Å²) < 4.78 is 0. The van der Waals surface area contributed by atoms with Crippen LogP contribution in [0.4, 0.5) is 0 Å². The number of hydrogen-bond donors (Lipinski definition) is 2. The van der Waals surface area contributed by atoms with E-state index in [9.17, 15) is 4.79 Å². The van der Waals surface area contributed by atoms with Gasteiger partial charge in [-0.15, -0.1) is 11.3 Å². The Bertz CT molecular complexity index is 654. The van der Waals surface area contributed by atoms with E-state index in [0.717, 1.165) is 36.1 Å². The molecule has 1 saturated heterocycles. The minimum Gasteiger partial charge on any atom is -0.342 e. The molecule has 1 fully saturated rings. The van der Waals surface area contributed by atoms with Gasteiger partial charge in [0.1, 0.15) is 11.0 Å². The first kappa shape index (κ1) is 19.0. The summed E-state index contributed by atoms with van der Waals surface area (Å²) in [5.74, 6) is 0.858. The third-order valence-corrected chi connectivity index (χ3v) is 5.85. The lowest BCUT2D eigenvalue weighted by atomic mass is 9.93. The van der Waals surface area contributed by atoms with E-state index in [0.29, 0.717) is 6.54 Å². The fourth-order valence-corrected chi connectivity index (χ4v) is 4.22. The van der Waals surface area contributed by atoms with Gasteiger partial charge in [-0.25, -0.2) is 4.98 Å². The molecule has 0 aliphatic carbocycles. The first-order valence-corrected chi connectivity index (χ1v) is 10.2. The molecule has 2 aromatic rings. The van der Waals surface area contributed by atoms with Gasteiger partial charge in [0.05, 0.1) is 6.54 Å². The van der Waals surface area contributed by atoms with Crippen LogP contribution in [0.15, 0.2) is 41.9 Å². The first-order valence-electron chi connectivity index (χ1n) is 9.37. The molecule has 5 nitrogen and oxygen atoms in total. The maximum atomic E-state index is 12.7. The first-order chi connectivity index (χ1) is 12.8. The van der Waals surface area contributed by atoms with Gasteiger partial charge in [0.15, 0.2) is 0 Å². The predicted molar refractivity (Wildman–Crippen MR) is 106 cm³/mol. The topological polar surface area (TPSA) is 57.3 Å². The predicted octanol–water partition coefficient (Wildman–Crippen LogP) is 2.67. The summed E-state index contributed by atoms with van der Waals surface area (Å²) in [4.78, 5) is 19.3. The molecule has 2 N–H and O–H groups in total. The number of carbonyl (C=O) groups is 1. The molecule has 0 radical (unpaired) electrons. The Morgan fingerprint density at radius 1 is 1.31 bits per heavy atom. The van der Waals surface area contributed by atoms with E-state index in [1.165, 1.54) is 19.3 Å². The van der Waals surface area contributed by atoms with Crippen molar-refractivity contribution in [1.29, 1.82) is 0 Å². The molecule has 1 unspecified atom stereocenters. The lowest BCUT2D eigenvalue weighted by molar-refractivity contribution is -0.123. The molecule has 0 bridgehead atoms. The van der Waals surface area contributed by atoms with Gasteiger partial charge in [0.2, 0.25) is 5.91 Å². The van der Waals surface area contributed by atoms with Crippen molar-refractivity contribution < 1.29 is 4.79 Å². The maximum absolute atomic E-state index is 12.7. The van der Waals surface area contributed by atoms with Gasteiger partial charge >= 0.3 is 0 Å². The lowest BCUT2D eigenvalue weighted by Gasteiger charge is -2.31. The lowest BCUT2D eigenvalue weighted by Crippen LogP contribution is -2.42. The van der Waals surface area contributed by atoms with Crippen molar-refractivity contribution in [2.24, 2.45) is 5.92 Å². The number of nitrogens with zero attached hydrogens (tertiary/aromatic N) is 2. The molecule has 1 amide bonds. The Morgan fingerprint density at radius 3 is 2.73 bits per heavy atom. The van der Waals surface area contributed by atoms with E-state index < -0.39 is 0 Å². The van der Waals surface area contributed by atoms with Gasteiger partial charge in [-0.3, -0.25) is 9.69 Å². The van der Waals surface area contributed by atoms with Crippen molar-refractivity contribution in [1.82, 2.24) is 20.5 Å². The smallest absolute Gasteiger partial charge is 0.235 e. The van der Waals surface area contributed by atoms with Crippen LogP contribution in [0.2, 0.25) is 0 Å². The van der Waals surface area contributed by atoms with Crippen LogP contribution in [0, 0.1) is 5.92 Å². The molecule has 1 aliphatic heterocycles. The van der Waals surface area contributed by atoms with E-state index in [2.05, 4.69) is 20.5 Å². The molecule has 0 spiro atoms. The molecule has 1 aromatic heterocycles. The minimum atomic E-state index is -0.170. The number of thiazole rings is 1. The summed E-state index contributed by atoms with van der Waals surface area (Å²) in [6.07, 6.45) is 5.39. The maximum Gasteiger partial charge on any atom is 0.235 e. The molecule has 2 heterocycles. The minimum absolute atomic E-state index is 0.0720. The summed E-state index contributed by atoms with van der Waals surface area (Å²) in [6.45, 7) is 3.56. The summed E-state index contributed by atoms with van der Waals surface area (Å²) in [5.41, 5.74) is 1.07. The number of aromatic nitrogens is 1. The van der Waals surface area contributed by atoms with Crippen LogP contribution in [-0.4, -0.2) is 49.0 Å². The molecule has 1 aromatic carbocycles. The highest BCUT2D eigenvalue weighted by atomic mass is 32.1. The standard InChI is InChI=1S/C20H28N4OS/c1-21-10-7-16-8-12-24(13-9-16)15-18(25)23-19(20-22-11-14-26-20)17-5-3-2-4-6-17/h2-6,11,14,16,19,21H,7-10,12-13,15H2,1H3,(H,23,25). The van der Waals surface area contributed by atoms with Crippen LogP contribution in [0.5, 0.6) is 0 Å². The molecule has 0 saturated carbocycles. The van der Waals surface area contributed by atoms with Gasteiger partial charge in [0.25, 0.3) is 0 Å². The van der Waals surface area contributed by atoms with Crippen LogP contribution in [0.1, 0.15) is 35.9 Å². The quantitative estimate of drug-likeness (QED) is 0.748. The Kier molecular flexibility index (Phi) is 7.17. The fourth-order valence-electron chi connectivity index (χ4n) is 3.50. The number of hydrogen-bond acceptors (Lipinski definition) is 5. The highest BCUT2D eigenvalue weighted by molar-refractivity contribution is 7.09. The molecule has 1 atom stereocenters. The van der Waals surface area contributed by atoms with E-state index in [-0.39, 0.29) is 11.9 Å². The molecule has 3 rings (SSSR count).